The normalized spacial score (nSPS) is 23.4. The summed E-state index contributed by atoms with van der Waals surface area (Å²) >= 11 is 0. The predicted octanol–water partition coefficient (Wildman–Crippen LogP) is 2.81. The first-order chi connectivity index (χ1) is 9.84. The van der Waals surface area contributed by atoms with Gasteiger partial charge in [-0.15, -0.1) is 0 Å². The molecule has 1 fully saturated rings. The van der Waals surface area contributed by atoms with Gasteiger partial charge in [0.05, 0.1) is 5.41 Å². The van der Waals surface area contributed by atoms with Gasteiger partial charge in [0.25, 0.3) is 0 Å². The number of carbonyl (C=O) groups excluding carboxylic acids is 1. The summed E-state index contributed by atoms with van der Waals surface area (Å²) in [5.41, 5.74) is 0.607. The first-order valence-corrected chi connectivity index (χ1v) is 7.94. The van der Waals surface area contributed by atoms with Crippen LogP contribution < -0.4 is 5.32 Å². The molecular formula is C18H28N2O. The maximum absolute atomic E-state index is 13.1. The lowest BCUT2D eigenvalue weighted by atomic mass is 9.82. The van der Waals surface area contributed by atoms with Crippen molar-refractivity contribution in [1.29, 1.82) is 0 Å². The topological polar surface area (TPSA) is 32.3 Å². The second kappa shape index (κ2) is 6.18. The molecule has 1 aliphatic rings. The van der Waals surface area contributed by atoms with Gasteiger partial charge in [0.15, 0.2) is 0 Å². The number of amides is 1. The van der Waals surface area contributed by atoms with Crippen LogP contribution in [0.3, 0.4) is 0 Å². The molecule has 0 spiro atoms. The van der Waals surface area contributed by atoms with Gasteiger partial charge >= 0.3 is 0 Å². The monoisotopic (exact) mass is 288 g/mol. The number of rotatable bonds is 3. The number of benzene rings is 1. The largest absolute Gasteiger partial charge is 0.336 e. The molecule has 0 bridgehead atoms. The standard InChI is InChI=1S/C18H28N2O/c1-13(2)16-12-20(14(3)11-19-16)17(21)18(4,5)15-9-7-6-8-10-15/h6-10,13-14,16,19H,11-12H2,1-5H3. The van der Waals surface area contributed by atoms with E-state index in [9.17, 15) is 4.79 Å². The number of nitrogens with one attached hydrogen (secondary N) is 1. The molecule has 1 aromatic carbocycles. The van der Waals surface area contributed by atoms with Gasteiger partial charge in [0.2, 0.25) is 5.91 Å². The first-order valence-electron chi connectivity index (χ1n) is 7.94. The zero-order valence-electron chi connectivity index (χ0n) is 13.9. The van der Waals surface area contributed by atoms with Crippen molar-refractivity contribution in [2.45, 2.75) is 52.1 Å². The molecule has 0 saturated carbocycles. The Balaban J connectivity index is 2.21. The summed E-state index contributed by atoms with van der Waals surface area (Å²) < 4.78 is 0. The van der Waals surface area contributed by atoms with E-state index in [4.69, 9.17) is 0 Å². The summed E-state index contributed by atoms with van der Waals surface area (Å²) in [4.78, 5) is 15.2. The van der Waals surface area contributed by atoms with Crippen LogP contribution >= 0.6 is 0 Å². The van der Waals surface area contributed by atoms with E-state index in [2.05, 4.69) is 31.0 Å². The minimum atomic E-state index is -0.478. The number of hydrogen-bond acceptors (Lipinski definition) is 2. The van der Waals surface area contributed by atoms with E-state index >= 15 is 0 Å². The number of carbonyl (C=O) groups is 1. The molecule has 0 aromatic heterocycles. The van der Waals surface area contributed by atoms with Crippen LogP contribution in [0.4, 0.5) is 0 Å². The van der Waals surface area contributed by atoms with E-state index in [0.29, 0.717) is 12.0 Å². The predicted molar refractivity (Wildman–Crippen MR) is 87.3 cm³/mol. The Morgan fingerprint density at radius 2 is 1.90 bits per heavy atom. The van der Waals surface area contributed by atoms with Crippen molar-refractivity contribution in [3.8, 4) is 0 Å². The molecule has 0 radical (unpaired) electrons. The van der Waals surface area contributed by atoms with Crippen LogP contribution in [0.5, 0.6) is 0 Å². The highest BCUT2D eigenvalue weighted by Crippen LogP contribution is 2.27. The third-order valence-electron chi connectivity index (χ3n) is 4.70. The van der Waals surface area contributed by atoms with E-state index in [-0.39, 0.29) is 11.9 Å². The third-order valence-corrected chi connectivity index (χ3v) is 4.70. The molecule has 1 aliphatic heterocycles. The lowest BCUT2D eigenvalue weighted by Gasteiger charge is -2.43. The van der Waals surface area contributed by atoms with E-state index in [1.165, 1.54) is 0 Å². The Bertz CT molecular complexity index is 481. The highest BCUT2D eigenvalue weighted by Gasteiger charge is 2.38. The third kappa shape index (κ3) is 3.29. The molecule has 1 aromatic rings. The maximum atomic E-state index is 13.1. The first kappa shape index (κ1) is 16.0. The van der Waals surface area contributed by atoms with Crippen molar-refractivity contribution >= 4 is 5.91 Å². The van der Waals surface area contributed by atoms with E-state index in [1.54, 1.807) is 0 Å². The molecular weight excluding hydrogens is 260 g/mol. The highest BCUT2D eigenvalue weighted by molar-refractivity contribution is 5.87. The van der Waals surface area contributed by atoms with Crippen LogP contribution in [-0.2, 0) is 10.2 Å². The summed E-state index contributed by atoms with van der Waals surface area (Å²) in [5, 5.41) is 3.55. The molecule has 2 atom stereocenters. The SMILES string of the molecule is CC(C)C1CN(C(=O)C(C)(C)c2ccccc2)C(C)CN1. The summed E-state index contributed by atoms with van der Waals surface area (Å²) in [6.07, 6.45) is 0. The van der Waals surface area contributed by atoms with E-state index in [1.807, 2.05) is 44.2 Å². The fraction of sp³-hybridized carbons (Fsp3) is 0.611. The molecule has 116 valence electrons. The number of piperazine rings is 1. The van der Waals surface area contributed by atoms with Crippen LogP contribution in [0.15, 0.2) is 30.3 Å². The minimum Gasteiger partial charge on any atom is -0.336 e. The molecule has 1 heterocycles. The van der Waals surface area contributed by atoms with Crippen molar-refractivity contribution in [2.75, 3.05) is 13.1 Å². The molecule has 1 saturated heterocycles. The van der Waals surface area contributed by atoms with Crippen LogP contribution in [0, 0.1) is 5.92 Å². The average molecular weight is 288 g/mol. The van der Waals surface area contributed by atoms with Gasteiger partial charge < -0.3 is 10.2 Å². The van der Waals surface area contributed by atoms with Gasteiger partial charge in [0, 0.05) is 25.2 Å². The van der Waals surface area contributed by atoms with Crippen LogP contribution in [0.1, 0.15) is 40.2 Å². The van der Waals surface area contributed by atoms with Crippen molar-refractivity contribution in [2.24, 2.45) is 5.92 Å². The van der Waals surface area contributed by atoms with Crippen LogP contribution in [0.2, 0.25) is 0 Å². The fourth-order valence-corrected chi connectivity index (χ4v) is 2.96. The maximum Gasteiger partial charge on any atom is 0.232 e. The molecule has 3 heteroatoms. The minimum absolute atomic E-state index is 0.230. The van der Waals surface area contributed by atoms with Crippen molar-refractivity contribution < 1.29 is 4.79 Å². The molecule has 2 unspecified atom stereocenters. The second-order valence-corrected chi connectivity index (χ2v) is 7.06. The average Bonchev–Trinajstić information content (AvgIpc) is 2.47. The second-order valence-electron chi connectivity index (χ2n) is 7.06. The molecule has 1 N–H and O–H groups in total. The molecule has 1 amide bonds. The van der Waals surface area contributed by atoms with Crippen LogP contribution in [0.25, 0.3) is 0 Å². The summed E-state index contributed by atoms with van der Waals surface area (Å²) in [6, 6.07) is 10.7. The van der Waals surface area contributed by atoms with Crippen molar-refractivity contribution in [3.05, 3.63) is 35.9 Å². The molecule has 21 heavy (non-hydrogen) atoms. The zero-order valence-corrected chi connectivity index (χ0v) is 13.9. The molecule has 0 aliphatic carbocycles. The number of hydrogen-bond donors (Lipinski definition) is 1. The van der Waals surface area contributed by atoms with Gasteiger partial charge in [-0.1, -0.05) is 44.2 Å². The smallest absolute Gasteiger partial charge is 0.232 e. The Labute approximate surface area is 128 Å². The lowest BCUT2D eigenvalue weighted by Crippen LogP contribution is -2.61. The zero-order chi connectivity index (χ0) is 15.6. The summed E-state index contributed by atoms with van der Waals surface area (Å²) in [7, 11) is 0. The Morgan fingerprint density at radius 3 is 2.48 bits per heavy atom. The van der Waals surface area contributed by atoms with Gasteiger partial charge in [-0.05, 0) is 32.3 Å². The Hall–Kier alpha value is -1.35. The van der Waals surface area contributed by atoms with Crippen LogP contribution in [-0.4, -0.2) is 36.0 Å². The molecule has 2 rings (SSSR count). The van der Waals surface area contributed by atoms with E-state index in [0.717, 1.165) is 18.7 Å². The Morgan fingerprint density at radius 1 is 1.29 bits per heavy atom. The lowest BCUT2D eigenvalue weighted by molar-refractivity contribution is -0.140. The fourth-order valence-electron chi connectivity index (χ4n) is 2.96. The van der Waals surface area contributed by atoms with Crippen molar-refractivity contribution in [1.82, 2.24) is 10.2 Å². The molecule has 3 nitrogen and oxygen atoms in total. The van der Waals surface area contributed by atoms with Gasteiger partial charge in [-0.3, -0.25) is 4.79 Å². The van der Waals surface area contributed by atoms with Gasteiger partial charge in [-0.2, -0.15) is 0 Å². The van der Waals surface area contributed by atoms with E-state index < -0.39 is 5.41 Å². The van der Waals surface area contributed by atoms with Gasteiger partial charge in [0.1, 0.15) is 0 Å². The summed E-state index contributed by atoms with van der Waals surface area (Å²) in [6.45, 7) is 12.3. The highest BCUT2D eigenvalue weighted by atomic mass is 16.2. The summed E-state index contributed by atoms with van der Waals surface area (Å²) in [5.74, 6) is 0.765. The number of nitrogens with zero attached hydrogens (tertiary/aromatic N) is 1. The Kier molecular flexibility index (Phi) is 4.72. The quantitative estimate of drug-likeness (QED) is 0.927. The van der Waals surface area contributed by atoms with Crippen molar-refractivity contribution in [3.63, 3.8) is 0 Å². The van der Waals surface area contributed by atoms with Gasteiger partial charge in [-0.25, -0.2) is 0 Å².